The molecule has 5 nitrogen and oxygen atoms in total. The zero-order valence-electron chi connectivity index (χ0n) is 13.0. The second-order valence-corrected chi connectivity index (χ2v) is 6.39. The van der Waals surface area contributed by atoms with Crippen molar-refractivity contribution in [2.75, 3.05) is 25.0 Å². The number of nitrogens with one attached hydrogen (secondary N) is 3. The van der Waals surface area contributed by atoms with Gasteiger partial charge in [0.1, 0.15) is 6.04 Å². The van der Waals surface area contributed by atoms with Crippen molar-refractivity contribution in [1.29, 1.82) is 5.26 Å². The minimum Gasteiger partial charge on any atom is -0.332 e. The van der Waals surface area contributed by atoms with E-state index in [0.717, 1.165) is 19.5 Å². The topological polar surface area (TPSA) is 69.4 Å². The average molecular weight is 309 g/mol. The number of urea groups is 1. The number of benzene rings is 1. The normalized spacial score (nSPS) is 28.4. The maximum absolute atomic E-state index is 12.0. The highest BCUT2D eigenvalue weighted by molar-refractivity contribution is 5.89. The fourth-order valence-electron chi connectivity index (χ4n) is 3.79. The minimum absolute atomic E-state index is 0.226. The average Bonchev–Trinajstić information content (AvgIpc) is 2.60. The summed E-state index contributed by atoms with van der Waals surface area (Å²) < 4.78 is 0. The molecule has 1 aromatic carbocycles. The molecule has 1 aromatic rings. The maximum atomic E-state index is 12.0. The van der Waals surface area contributed by atoms with Gasteiger partial charge in [-0.15, -0.1) is 6.42 Å². The molecule has 3 saturated heterocycles. The van der Waals surface area contributed by atoms with E-state index in [1.165, 1.54) is 11.3 Å². The summed E-state index contributed by atoms with van der Waals surface area (Å²) >= 11 is 0. The van der Waals surface area contributed by atoms with Gasteiger partial charge in [0.2, 0.25) is 0 Å². The highest BCUT2D eigenvalue weighted by Gasteiger charge is 2.42. The number of piperidine rings is 3. The van der Waals surface area contributed by atoms with Crippen LogP contribution in [0.4, 0.5) is 10.5 Å². The quantitative estimate of drug-likeness (QED) is 0.716. The molecule has 3 heterocycles. The van der Waals surface area contributed by atoms with E-state index in [1.807, 2.05) is 0 Å². The maximum Gasteiger partial charge on any atom is 0.319 e. The fraction of sp³-hybridized carbons (Fsp3) is 0.444. The number of rotatable bonds is 3. The highest BCUT2D eigenvalue weighted by Crippen LogP contribution is 2.26. The van der Waals surface area contributed by atoms with Gasteiger partial charge in [-0.05, 0) is 24.1 Å². The number of carbonyl (C=O) groups excluding carboxylic acids is 1. The summed E-state index contributed by atoms with van der Waals surface area (Å²) in [5.74, 6) is 3.93. The van der Waals surface area contributed by atoms with Crippen LogP contribution in [-0.4, -0.2) is 31.7 Å². The molecule has 0 saturated carbocycles. The van der Waals surface area contributed by atoms with Crippen molar-refractivity contribution in [3.05, 3.63) is 29.8 Å². The van der Waals surface area contributed by atoms with Gasteiger partial charge in [-0.2, -0.15) is 5.26 Å². The van der Waals surface area contributed by atoms with Gasteiger partial charge in [0.05, 0.1) is 37.2 Å². The molecule has 2 bridgehead atoms. The molecule has 3 fully saturated rings. The van der Waals surface area contributed by atoms with E-state index in [1.54, 1.807) is 24.3 Å². The van der Waals surface area contributed by atoms with Crippen molar-refractivity contribution in [2.45, 2.75) is 18.9 Å². The van der Waals surface area contributed by atoms with E-state index >= 15 is 0 Å². The number of amides is 2. The van der Waals surface area contributed by atoms with Crippen molar-refractivity contribution in [2.24, 2.45) is 11.8 Å². The van der Waals surface area contributed by atoms with Crippen LogP contribution in [0.1, 0.15) is 18.4 Å². The Kier molecular flexibility index (Phi) is 4.50. The molecule has 3 N–H and O–H groups in total. The smallest absolute Gasteiger partial charge is 0.319 e. The summed E-state index contributed by atoms with van der Waals surface area (Å²) in [5.41, 5.74) is 1.16. The summed E-state index contributed by atoms with van der Waals surface area (Å²) in [5, 5.41) is 14.6. The monoisotopic (exact) mass is 309 g/mol. The number of hydrogen-bond acceptors (Lipinski definition) is 2. The van der Waals surface area contributed by atoms with E-state index < -0.39 is 0 Å². The van der Waals surface area contributed by atoms with Crippen molar-refractivity contribution < 1.29 is 9.69 Å². The van der Waals surface area contributed by atoms with Gasteiger partial charge in [-0.3, -0.25) is 0 Å². The Balaban J connectivity index is 1.50. The van der Waals surface area contributed by atoms with Crippen LogP contribution >= 0.6 is 0 Å². The third-order valence-corrected chi connectivity index (χ3v) is 5.02. The lowest BCUT2D eigenvalue weighted by atomic mass is 9.76. The molecule has 118 valence electrons. The molecule has 1 unspecified atom stereocenters. The van der Waals surface area contributed by atoms with Crippen LogP contribution in [0.3, 0.4) is 0 Å². The van der Waals surface area contributed by atoms with E-state index in [4.69, 9.17) is 11.7 Å². The third-order valence-electron chi connectivity index (χ3n) is 5.02. The van der Waals surface area contributed by atoms with E-state index in [0.29, 0.717) is 35.7 Å². The second kappa shape index (κ2) is 6.73. The number of fused-ring (bicyclic) bond motifs is 3. The van der Waals surface area contributed by atoms with Crippen molar-refractivity contribution in [1.82, 2.24) is 5.32 Å². The zero-order chi connectivity index (χ0) is 16.2. The van der Waals surface area contributed by atoms with Crippen LogP contribution in [0.5, 0.6) is 0 Å². The molecule has 0 radical (unpaired) electrons. The molecule has 3 aliphatic heterocycles. The molecule has 4 atom stereocenters. The molecule has 3 aliphatic rings. The number of nitrogens with zero attached hydrogens (tertiary/aromatic N) is 1. The first kappa shape index (κ1) is 15.4. The van der Waals surface area contributed by atoms with Crippen molar-refractivity contribution >= 4 is 11.7 Å². The molecule has 0 aromatic heterocycles. The molecule has 23 heavy (non-hydrogen) atoms. The van der Waals surface area contributed by atoms with E-state index in [9.17, 15) is 4.79 Å². The minimum atomic E-state index is -0.226. The fourth-order valence-corrected chi connectivity index (χ4v) is 3.79. The Labute approximate surface area is 136 Å². The Bertz CT molecular complexity index is 672. The molecule has 0 aliphatic carbocycles. The lowest BCUT2D eigenvalue weighted by Gasteiger charge is -2.45. The van der Waals surface area contributed by atoms with Gasteiger partial charge in [-0.1, -0.05) is 12.0 Å². The standard InChI is InChI=1S/C18H20N4O/c1-2-14-12-22-7-6-15(14)9-17(22)11-20-18(23)21-16-5-3-4-13(8-16)10-19/h1,3-5,8,14-15,17H,6-7,9,11-12H2,(H2,20,21,23)/p+1/t14-,15-,17+/m0/s1. The van der Waals surface area contributed by atoms with Crippen molar-refractivity contribution in [3.63, 3.8) is 0 Å². The summed E-state index contributed by atoms with van der Waals surface area (Å²) in [6.45, 7) is 2.84. The SMILES string of the molecule is C#C[C@H]1C[NH+]2CC[C@H]1C[C@@H]2CNC(=O)Nc1cccc(C#N)c1. The first-order chi connectivity index (χ1) is 11.2. The largest absolute Gasteiger partial charge is 0.332 e. The Morgan fingerprint density at radius 1 is 1.48 bits per heavy atom. The number of carbonyl (C=O) groups is 1. The predicted molar refractivity (Wildman–Crippen MR) is 87.7 cm³/mol. The molecular formula is C18H21N4O+. The van der Waals surface area contributed by atoms with Gasteiger partial charge < -0.3 is 15.5 Å². The summed E-state index contributed by atoms with van der Waals surface area (Å²) in [6.07, 6.45) is 7.89. The van der Waals surface area contributed by atoms with Crippen LogP contribution in [0.15, 0.2) is 24.3 Å². The van der Waals surface area contributed by atoms with Crippen LogP contribution in [0.25, 0.3) is 0 Å². The number of terminal acetylenes is 1. The van der Waals surface area contributed by atoms with Crippen LogP contribution in [0.2, 0.25) is 0 Å². The third kappa shape index (κ3) is 3.47. The summed E-state index contributed by atoms with van der Waals surface area (Å²) in [6, 6.07) is 9.18. The first-order valence-corrected chi connectivity index (χ1v) is 8.05. The first-order valence-electron chi connectivity index (χ1n) is 8.05. The second-order valence-electron chi connectivity index (χ2n) is 6.39. The lowest BCUT2D eigenvalue weighted by molar-refractivity contribution is -0.943. The van der Waals surface area contributed by atoms with Crippen molar-refractivity contribution in [3.8, 4) is 18.4 Å². The van der Waals surface area contributed by atoms with Crippen LogP contribution in [0, 0.1) is 35.5 Å². The Morgan fingerprint density at radius 2 is 2.35 bits per heavy atom. The van der Waals surface area contributed by atoms with Gasteiger partial charge in [0.15, 0.2) is 0 Å². The summed E-state index contributed by atoms with van der Waals surface area (Å²) in [7, 11) is 0. The molecule has 2 amide bonds. The van der Waals surface area contributed by atoms with Gasteiger partial charge in [-0.25, -0.2) is 4.79 Å². The molecular weight excluding hydrogens is 288 g/mol. The van der Waals surface area contributed by atoms with Gasteiger partial charge in [0, 0.05) is 18.5 Å². The predicted octanol–water partition coefficient (Wildman–Crippen LogP) is 0.606. The molecule has 4 rings (SSSR count). The number of quaternary nitrogens is 1. The lowest BCUT2D eigenvalue weighted by Crippen LogP contribution is -3.20. The van der Waals surface area contributed by atoms with Crippen LogP contribution in [-0.2, 0) is 0 Å². The molecule has 5 heteroatoms. The van der Waals surface area contributed by atoms with E-state index in [2.05, 4.69) is 22.6 Å². The summed E-state index contributed by atoms with van der Waals surface area (Å²) in [4.78, 5) is 13.6. The van der Waals surface area contributed by atoms with Crippen LogP contribution < -0.4 is 15.5 Å². The zero-order valence-corrected chi connectivity index (χ0v) is 13.0. The number of nitriles is 1. The molecule has 0 spiro atoms. The number of hydrogen-bond donors (Lipinski definition) is 3. The van der Waals surface area contributed by atoms with E-state index in [-0.39, 0.29) is 6.03 Å². The number of anilines is 1. The highest BCUT2D eigenvalue weighted by atomic mass is 16.2. The van der Waals surface area contributed by atoms with Gasteiger partial charge in [0.25, 0.3) is 0 Å². The van der Waals surface area contributed by atoms with Gasteiger partial charge >= 0.3 is 6.03 Å². The Hall–Kier alpha value is -2.50. The Morgan fingerprint density at radius 3 is 3.04 bits per heavy atom.